The highest BCUT2D eigenvalue weighted by molar-refractivity contribution is 5.83. The summed E-state index contributed by atoms with van der Waals surface area (Å²) in [6.07, 6.45) is 3.81. The molecule has 0 radical (unpaired) electrons. The summed E-state index contributed by atoms with van der Waals surface area (Å²) in [5.74, 6) is 0.517. The van der Waals surface area contributed by atoms with Crippen molar-refractivity contribution in [2.45, 2.75) is 105 Å². The van der Waals surface area contributed by atoms with Gasteiger partial charge < -0.3 is 10.2 Å². The van der Waals surface area contributed by atoms with E-state index in [4.69, 9.17) is 6.57 Å². The highest BCUT2D eigenvalue weighted by Crippen LogP contribution is 2.30. The maximum absolute atomic E-state index is 13.1. The molecule has 0 bridgehead atoms. The van der Waals surface area contributed by atoms with Crippen LogP contribution in [0.1, 0.15) is 78.3 Å². The molecule has 3 heterocycles. The van der Waals surface area contributed by atoms with Crippen molar-refractivity contribution in [1.29, 1.82) is 0 Å². The lowest BCUT2D eigenvalue weighted by atomic mass is 9.91. The van der Waals surface area contributed by atoms with Crippen LogP contribution in [0.15, 0.2) is 71.7 Å². The van der Waals surface area contributed by atoms with Gasteiger partial charge in [-0.15, -0.1) is 0 Å². The highest BCUT2D eigenvalue weighted by atomic mass is 16.1. The quantitative estimate of drug-likeness (QED) is 0.192. The zero-order valence-corrected chi connectivity index (χ0v) is 29.2. The number of carbonyl (C=O) groups is 1. The molecule has 248 valence electrons. The molecular formula is C39H50N6O2. The maximum atomic E-state index is 13.1. The van der Waals surface area contributed by atoms with Gasteiger partial charge in [0.05, 0.1) is 25.1 Å². The number of anilines is 1. The van der Waals surface area contributed by atoms with E-state index < -0.39 is 0 Å². The second kappa shape index (κ2) is 16.0. The number of Topliss-reactive ketones (excluding diaryl/α,β-unsaturated/α-hetero) is 1. The van der Waals surface area contributed by atoms with Crippen LogP contribution in [0.5, 0.6) is 0 Å². The Morgan fingerprint density at radius 1 is 0.979 bits per heavy atom. The Labute approximate surface area is 280 Å². The molecule has 0 saturated carbocycles. The van der Waals surface area contributed by atoms with Crippen LogP contribution in [-0.2, 0) is 17.8 Å². The lowest BCUT2D eigenvalue weighted by Crippen LogP contribution is -2.65. The van der Waals surface area contributed by atoms with Crippen LogP contribution in [0.2, 0.25) is 0 Å². The van der Waals surface area contributed by atoms with Crippen molar-refractivity contribution in [2.24, 2.45) is 11.8 Å². The van der Waals surface area contributed by atoms with Crippen LogP contribution in [-0.4, -0.2) is 44.5 Å². The van der Waals surface area contributed by atoms with Crippen molar-refractivity contribution in [3.05, 3.63) is 106 Å². The number of aromatic nitrogens is 3. The predicted molar refractivity (Wildman–Crippen MR) is 192 cm³/mol. The van der Waals surface area contributed by atoms with Crippen molar-refractivity contribution in [1.82, 2.24) is 19.9 Å². The molecule has 2 aromatic carbocycles. The number of fused-ring (bicyclic) bond motifs is 1. The summed E-state index contributed by atoms with van der Waals surface area (Å²) in [4.78, 5) is 40.5. The molecule has 1 saturated heterocycles. The fourth-order valence-corrected chi connectivity index (χ4v) is 6.52. The minimum absolute atomic E-state index is 0.0392. The zero-order chi connectivity index (χ0) is 34.2. The first-order valence-electron chi connectivity index (χ1n) is 16.9. The first-order valence-corrected chi connectivity index (χ1v) is 16.9. The number of benzene rings is 2. The first kappa shape index (κ1) is 35.5. The molecule has 0 aliphatic carbocycles. The van der Waals surface area contributed by atoms with Crippen LogP contribution in [0.3, 0.4) is 0 Å². The van der Waals surface area contributed by atoms with Gasteiger partial charge in [-0.3, -0.25) is 19.1 Å². The summed E-state index contributed by atoms with van der Waals surface area (Å²) in [5, 5.41) is 3.75. The number of hydrogen-bond donors (Lipinski definition) is 1. The predicted octanol–water partition coefficient (Wildman–Crippen LogP) is 7.53. The Bertz CT molecular complexity index is 1730. The van der Waals surface area contributed by atoms with Crippen molar-refractivity contribution in [2.75, 3.05) is 4.90 Å². The van der Waals surface area contributed by atoms with Gasteiger partial charge in [0.25, 0.3) is 5.56 Å². The molecule has 1 fully saturated rings. The Hall–Kier alpha value is -4.35. The Balaban J connectivity index is 0.000000229. The van der Waals surface area contributed by atoms with Gasteiger partial charge >= 0.3 is 0 Å². The van der Waals surface area contributed by atoms with E-state index in [1.54, 1.807) is 6.07 Å². The average molecular weight is 635 g/mol. The number of nitrogens with one attached hydrogen (secondary N) is 1. The third-order valence-electron chi connectivity index (χ3n) is 9.58. The molecule has 5 unspecified atom stereocenters. The number of pyridine rings is 1. The standard InChI is InChI=1S/C22H22N4O2.C17H28N2/c1-14(2)15(3)19(27)11-20-25-18-10-17(23-4)12-24-21(18)22(28)26(20)13-16-8-6-5-7-9-16;1-6-16-13(4)18-14(5)17(7-2)19(16)15-10-8-12(3)9-11-15/h5-10,12,14-15H,11,13H2,1-3H3;8-11,13-14,16-18H,6-7H2,1-5H3. The van der Waals surface area contributed by atoms with E-state index in [-0.39, 0.29) is 35.1 Å². The molecule has 1 aliphatic rings. The van der Waals surface area contributed by atoms with Crippen molar-refractivity contribution < 1.29 is 4.79 Å². The number of rotatable bonds is 9. The largest absolute Gasteiger partial charge is 0.362 e. The summed E-state index contributed by atoms with van der Waals surface area (Å²) in [6.45, 7) is 24.7. The van der Waals surface area contributed by atoms with E-state index in [2.05, 4.69) is 83.9 Å². The van der Waals surface area contributed by atoms with Gasteiger partial charge in [0.15, 0.2) is 5.52 Å². The summed E-state index contributed by atoms with van der Waals surface area (Å²) in [6, 6.07) is 22.4. The number of ketones is 1. The number of piperazine rings is 1. The third-order valence-corrected chi connectivity index (χ3v) is 9.58. The van der Waals surface area contributed by atoms with Gasteiger partial charge in [-0.1, -0.05) is 82.6 Å². The van der Waals surface area contributed by atoms with E-state index in [0.29, 0.717) is 47.7 Å². The molecule has 2 aromatic heterocycles. The van der Waals surface area contributed by atoms with Gasteiger partial charge in [0, 0.05) is 42.0 Å². The van der Waals surface area contributed by atoms with Crippen LogP contribution >= 0.6 is 0 Å². The SMILES string of the molecule is CCC1C(C)NC(C)C(CC)N1c1ccc(C)cc1.[C-]#[N+]c1cnc2c(=O)n(Cc3ccccc3)c(CC(=O)C(C)C(C)C)nc2c1. The van der Waals surface area contributed by atoms with Gasteiger partial charge in [0.1, 0.15) is 11.6 Å². The van der Waals surface area contributed by atoms with E-state index >= 15 is 0 Å². The summed E-state index contributed by atoms with van der Waals surface area (Å²) in [5.41, 5.74) is 4.22. The van der Waals surface area contributed by atoms with E-state index in [1.165, 1.54) is 34.9 Å². The third kappa shape index (κ3) is 8.33. The Morgan fingerprint density at radius 3 is 2.15 bits per heavy atom. The molecule has 5 atom stereocenters. The van der Waals surface area contributed by atoms with Crippen LogP contribution in [0.4, 0.5) is 11.4 Å². The van der Waals surface area contributed by atoms with E-state index in [0.717, 1.165) is 5.56 Å². The molecule has 47 heavy (non-hydrogen) atoms. The normalized spacial score (nSPS) is 20.0. The number of hydrogen-bond acceptors (Lipinski definition) is 6. The molecule has 0 spiro atoms. The Kier molecular flexibility index (Phi) is 12.1. The first-order chi connectivity index (χ1) is 22.5. The van der Waals surface area contributed by atoms with Crippen molar-refractivity contribution in [3.63, 3.8) is 0 Å². The molecular weight excluding hydrogens is 584 g/mol. The zero-order valence-electron chi connectivity index (χ0n) is 29.2. The minimum Gasteiger partial charge on any atom is -0.362 e. The smallest absolute Gasteiger partial charge is 0.280 e. The maximum Gasteiger partial charge on any atom is 0.280 e. The number of carbonyl (C=O) groups excluding carboxylic acids is 1. The number of nitrogens with zero attached hydrogens (tertiary/aromatic N) is 5. The molecule has 4 aromatic rings. The van der Waals surface area contributed by atoms with Gasteiger partial charge in [0.2, 0.25) is 5.69 Å². The van der Waals surface area contributed by atoms with Gasteiger partial charge in [-0.2, -0.15) is 0 Å². The summed E-state index contributed by atoms with van der Waals surface area (Å²) >= 11 is 0. The number of aryl methyl sites for hydroxylation is 1. The van der Waals surface area contributed by atoms with Crippen LogP contribution in [0.25, 0.3) is 15.9 Å². The lowest BCUT2D eigenvalue weighted by Gasteiger charge is -2.50. The lowest BCUT2D eigenvalue weighted by molar-refractivity contribution is -0.123. The van der Waals surface area contributed by atoms with Crippen molar-refractivity contribution >= 4 is 28.2 Å². The molecule has 1 aliphatic heterocycles. The van der Waals surface area contributed by atoms with E-state index in [1.807, 2.05) is 51.1 Å². The fraction of sp³-hybridized carbons (Fsp3) is 0.462. The minimum atomic E-state index is -0.301. The molecule has 0 amide bonds. The Morgan fingerprint density at radius 2 is 1.60 bits per heavy atom. The molecule has 8 nitrogen and oxygen atoms in total. The van der Waals surface area contributed by atoms with Crippen LogP contribution in [0, 0.1) is 25.3 Å². The topological polar surface area (TPSA) is 84.5 Å². The van der Waals surface area contributed by atoms with Gasteiger partial charge in [-0.05, 0) is 63.3 Å². The monoisotopic (exact) mass is 634 g/mol. The van der Waals surface area contributed by atoms with E-state index in [9.17, 15) is 9.59 Å². The molecule has 1 N–H and O–H groups in total. The second-order valence-electron chi connectivity index (χ2n) is 13.2. The average Bonchev–Trinajstić information content (AvgIpc) is 3.06. The summed E-state index contributed by atoms with van der Waals surface area (Å²) < 4.78 is 1.52. The molecule has 5 rings (SSSR count). The highest BCUT2D eigenvalue weighted by Gasteiger charge is 2.37. The molecule has 8 heteroatoms. The fourth-order valence-electron chi connectivity index (χ4n) is 6.52. The van der Waals surface area contributed by atoms with Gasteiger partial charge in [-0.25, -0.2) is 9.83 Å². The van der Waals surface area contributed by atoms with Crippen molar-refractivity contribution in [3.8, 4) is 0 Å². The van der Waals surface area contributed by atoms with Crippen LogP contribution < -0.4 is 15.8 Å². The second-order valence-corrected chi connectivity index (χ2v) is 13.2. The summed E-state index contributed by atoms with van der Waals surface area (Å²) in [7, 11) is 0.